The van der Waals surface area contributed by atoms with Crippen LogP contribution >= 0.6 is 0 Å². The standard InChI is InChI=1S/C14H26N2O6.C14H28N2O4.C13H24N2O6.C9H18N2O4.C8H16N2O4.3H2/c1-13(2,3)22-12(18)15-10(11(17)21-6)8-7-9-14(4,5)16(19)20;1-13(2,3)20-12(18)16-10(11(17)19-6)8-7-9-14(4,5)15;1-12(2,3)21-11(18)14-9(10(16)17)7-6-8-13(4,5)15(19)20;1-9(2,11(13)14)6-4-5-7(10)8(12)15-3;1-8(2,10(13)14)5-3-4-6(9)7(11)12;;;/h10H,7-9H2,1-6H3,(H,15,18);10H,7-9,15H2,1-6H3,(H,16,18);9H,6-8H2,1-5H3,(H,14,18)(H,16,17);7H,4-6,10H2,1-3H3;6H,3-5,9H2,1-2H3,(H,11,12);3*1H/t2*10-;9-;7-;6-;;;/m00000.../s1. The van der Waals surface area contributed by atoms with Gasteiger partial charge in [-0.15, -0.1) is 0 Å². The van der Waals surface area contributed by atoms with E-state index >= 15 is 0 Å². The number of carboxylic acid groups (broad SMARTS) is 2. The summed E-state index contributed by atoms with van der Waals surface area (Å²) in [7, 11) is 3.77. The van der Waals surface area contributed by atoms with Crippen molar-refractivity contribution in [1.82, 2.24) is 16.0 Å². The molecule has 0 aromatic rings. The third-order valence-corrected chi connectivity index (χ3v) is 12.6. The second kappa shape index (κ2) is 42.7. The molecule has 0 fully saturated rings. The van der Waals surface area contributed by atoms with Gasteiger partial charge in [-0.2, -0.15) is 0 Å². The van der Waals surface area contributed by atoms with Gasteiger partial charge in [-0.1, -0.05) is 0 Å². The quantitative estimate of drug-likeness (QED) is 0.0135. The molecule has 34 nitrogen and oxygen atoms in total. The van der Waals surface area contributed by atoms with Crippen LogP contribution in [-0.4, -0.2) is 174 Å². The van der Waals surface area contributed by atoms with Crippen LogP contribution in [0, 0.1) is 40.5 Å². The Balaban J connectivity index is -0.000000166. The number of alkyl carbamates (subject to hydrolysis) is 3. The summed E-state index contributed by atoms with van der Waals surface area (Å²) in [6.07, 6.45) is 3.68. The van der Waals surface area contributed by atoms with Gasteiger partial charge in [0, 0.05) is 111 Å². The SMILES string of the molecule is CC(C)(C)OC(=O)N[C@@H](CCCC(C)(C)[N+](=O)[O-])C(=O)O.CC(C)(CCC[C@H](N)C(=O)O)[N+](=O)[O-].COC(=O)[C@@H](N)CCCC(C)(C)[N+](=O)[O-].COC(=O)[C@H](CCCC(C)(C)N)NC(=O)OC(C)(C)C.COC(=O)[C@H](CCCC(C)(C)[N+](=O)[O-])NC(=O)OC(C)(C)C.[HH].[HH].[HH]. The molecule has 544 valence electrons. The lowest BCUT2D eigenvalue weighted by Gasteiger charge is -2.23. The van der Waals surface area contributed by atoms with E-state index in [0.29, 0.717) is 57.8 Å². The third-order valence-electron chi connectivity index (χ3n) is 12.6. The zero-order valence-electron chi connectivity index (χ0n) is 58.4. The molecule has 0 radical (unpaired) electrons. The van der Waals surface area contributed by atoms with Crippen LogP contribution in [0.5, 0.6) is 0 Å². The van der Waals surface area contributed by atoms with Crippen LogP contribution in [0.3, 0.4) is 0 Å². The Hall–Kier alpha value is -7.36. The van der Waals surface area contributed by atoms with Crippen molar-refractivity contribution in [2.24, 2.45) is 17.2 Å². The highest BCUT2D eigenvalue weighted by Crippen LogP contribution is 2.22. The van der Waals surface area contributed by atoms with E-state index in [9.17, 15) is 78.8 Å². The molecule has 92 heavy (non-hydrogen) atoms. The van der Waals surface area contributed by atoms with Crippen molar-refractivity contribution in [2.75, 3.05) is 21.3 Å². The van der Waals surface area contributed by atoms with Gasteiger partial charge in [-0.05, 0) is 147 Å². The number of nitrogens with two attached hydrogens (primary N) is 3. The third kappa shape index (κ3) is 50.3. The van der Waals surface area contributed by atoms with E-state index in [1.54, 1.807) is 76.2 Å². The van der Waals surface area contributed by atoms with E-state index in [-0.39, 0.29) is 56.7 Å². The van der Waals surface area contributed by atoms with E-state index in [1.807, 2.05) is 13.8 Å². The smallest absolute Gasteiger partial charge is 0.408 e. The molecule has 0 aliphatic carbocycles. The molecule has 0 heterocycles. The zero-order valence-corrected chi connectivity index (χ0v) is 58.4. The van der Waals surface area contributed by atoms with Gasteiger partial charge < -0.3 is 71.8 Å². The Labute approximate surface area is 545 Å². The fourth-order valence-electron chi connectivity index (χ4n) is 6.90. The van der Waals surface area contributed by atoms with Crippen molar-refractivity contribution in [3.8, 4) is 0 Å². The van der Waals surface area contributed by atoms with E-state index in [0.717, 1.165) is 6.42 Å². The Bertz CT molecular complexity index is 2360. The van der Waals surface area contributed by atoms with Crippen LogP contribution in [0.25, 0.3) is 0 Å². The first kappa shape index (κ1) is 93.4. The molecule has 0 spiro atoms. The van der Waals surface area contributed by atoms with Gasteiger partial charge in [0.2, 0.25) is 22.2 Å². The normalized spacial score (nSPS) is 13.4. The molecule has 34 heteroatoms. The number of hydrogen-bond acceptors (Lipinski definition) is 25. The molecule has 0 saturated carbocycles. The molecule has 0 rings (SSSR count). The number of carbonyl (C=O) groups is 8. The van der Waals surface area contributed by atoms with Gasteiger partial charge >= 0.3 is 48.1 Å². The molecule has 0 aliphatic heterocycles. The summed E-state index contributed by atoms with van der Waals surface area (Å²) >= 11 is 0. The van der Waals surface area contributed by atoms with Crippen molar-refractivity contribution in [1.29, 1.82) is 0 Å². The second-order valence-corrected chi connectivity index (χ2v) is 27.8. The number of esters is 3. The number of carboxylic acids is 2. The summed E-state index contributed by atoms with van der Waals surface area (Å²) < 4.78 is 29.0. The number of nitro groups is 4. The first-order valence-corrected chi connectivity index (χ1v) is 29.8. The number of amides is 3. The van der Waals surface area contributed by atoms with Crippen LogP contribution in [-0.2, 0) is 52.4 Å². The Morgan fingerprint density at radius 2 is 0.620 bits per heavy atom. The van der Waals surface area contributed by atoms with Gasteiger partial charge in [0.15, 0.2) is 0 Å². The van der Waals surface area contributed by atoms with Crippen molar-refractivity contribution in [3.05, 3.63) is 40.5 Å². The summed E-state index contributed by atoms with van der Waals surface area (Å²) in [5, 5.41) is 67.4. The van der Waals surface area contributed by atoms with Gasteiger partial charge in [0.1, 0.15) is 47.0 Å². The number of methoxy groups -OCH3 is 3. The van der Waals surface area contributed by atoms with Crippen LogP contribution in [0.4, 0.5) is 14.4 Å². The molecule has 0 aliphatic rings. The lowest BCUT2D eigenvalue weighted by molar-refractivity contribution is -0.561. The number of nitrogens with zero attached hydrogens (tertiary/aromatic N) is 4. The number of nitrogens with one attached hydrogen (secondary N) is 3. The molecule has 5 atom stereocenters. The van der Waals surface area contributed by atoms with Crippen molar-refractivity contribution in [3.63, 3.8) is 0 Å². The molecule has 0 aromatic carbocycles. The molecule has 0 aromatic heterocycles. The Morgan fingerprint density at radius 1 is 0.391 bits per heavy atom. The largest absolute Gasteiger partial charge is 0.480 e. The monoisotopic (exact) mass is 1340 g/mol. The first-order valence-electron chi connectivity index (χ1n) is 29.8. The number of rotatable bonds is 32. The number of ether oxygens (including phenoxy) is 6. The number of carbonyl (C=O) groups excluding carboxylic acids is 6. The van der Waals surface area contributed by atoms with Crippen LogP contribution in [0.15, 0.2) is 0 Å². The van der Waals surface area contributed by atoms with Crippen LogP contribution in [0.1, 0.15) is 232 Å². The fraction of sp³-hybridized carbons (Fsp3) is 0.862. The zero-order chi connectivity index (χ0) is 73.8. The number of hydrogen-bond donors (Lipinski definition) is 8. The number of aliphatic carboxylic acids is 2. The lowest BCUT2D eigenvalue weighted by Crippen LogP contribution is -2.44. The highest BCUT2D eigenvalue weighted by atomic mass is 16.6. The molecular formula is C58H118N10O24. The maximum atomic E-state index is 11.7. The predicted molar refractivity (Wildman–Crippen MR) is 345 cm³/mol. The van der Waals surface area contributed by atoms with Crippen molar-refractivity contribution >= 4 is 48.1 Å². The minimum Gasteiger partial charge on any atom is -0.480 e. The molecule has 0 bridgehead atoms. The van der Waals surface area contributed by atoms with E-state index in [1.165, 1.54) is 62.9 Å². The molecular weight excluding hydrogens is 1220 g/mol. The maximum absolute atomic E-state index is 11.7. The summed E-state index contributed by atoms with van der Waals surface area (Å²) in [6, 6.07) is -4.32. The molecule has 3 amide bonds. The summed E-state index contributed by atoms with van der Waals surface area (Å²) in [5.41, 5.74) is 10.2. The Morgan fingerprint density at radius 3 is 0.837 bits per heavy atom. The minimum atomic E-state index is -1.19. The van der Waals surface area contributed by atoms with E-state index in [4.69, 9.17) is 41.6 Å². The summed E-state index contributed by atoms with van der Waals surface area (Å²) in [5.74, 6) is -3.83. The molecule has 0 saturated heterocycles. The van der Waals surface area contributed by atoms with Gasteiger partial charge in [-0.25, -0.2) is 28.8 Å². The average molecular weight is 1340 g/mol. The van der Waals surface area contributed by atoms with Crippen molar-refractivity contribution in [2.45, 2.75) is 303 Å². The van der Waals surface area contributed by atoms with E-state index in [2.05, 4.69) is 30.2 Å². The molecule has 11 N–H and O–H groups in total. The van der Waals surface area contributed by atoms with Crippen molar-refractivity contribution < 1.29 is 101 Å². The first-order chi connectivity index (χ1) is 41.3. The van der Waals surface area contributed by atoms with Gasteiger partial charge in [0.25, 0.3) is 0 Å². The lowest BCUT2D eigenvalue weighted by atomic mass is 9.96. The topological polar surface area (TPSA) is 519 Å². The predicted octanol–water partition coefficient (Wildman–Crippen LogP) is 8.50. The van der Waals surface area contributed by atoms with Gasteiger partial charge in [0.05, 0.1) is 21.3 Å². The maximum Gasteiger partial charge on any atom is 0.408 e. The second-order valence-electron chi connectivity index (χ2n) is 27.8. The average Bonchev–Trinajstić information content (AvgIpc) is 0.963. The van der Waals surface area contributed by atoms with Gasteiger partial charge in [-0.3, -0.25) is 50.0 Å². The molecule has 0 unspecified atom stereocenters. The minimum absolute atomic E-state index is 0. The van der Waals surface area contributed by atoms with E-state index < -0.39 is 122 Å². The fourth-order valence-corrected chi connectivity index (χ4v) is 6.90. The highest BCUT2D eigenvalue weighted by Gasteiger charge is 2.35. The highest BCUT2D eigenvalue weighted by molar-refractivity contribution is 5.82. The Kier molecular flexibility index (Phi) is 43.3. The summed E-state index contributed by atoms with van der Waals surface area (Å²) in [6.45, 7) is 31.4. The van der Waals surface area contributed by atoms with Crippen LogP contribution in [0.2, 0.25) is 0 Å². The van der Waals surface area contributed by atoms with Crippen LogP contribution < -0.4 is 33.2 Å². The summed E-state index contributed by atoms with van der Waals surface area (Å²) in [4.78, 5) is 132.